The van der Waals surface area contributed by atoms with Crippen molar-refractivity contribution in [1.82, 2.24) is 15.0 Å². The molecule has 0 aliphatic carbocycles. The molecule has 4 aromatic rings. The maximum absolute atomic E-state index is 13.6. The van der Waals surface area contributed by atoms with Crippen LogP contribution in [-0.2, 0) is 9.53 Å². The fourth-order valence-corrected chi connectivity index (χ4v) is 3.87. The predicted octanol–water partition coefficient (Wildman–Crippen LogP) is 5.38. The van der Waals surface area contributed by atoms with Gasteiger partial charge in [-0.2, -0.15) is 0 Å². The van der Waals surface area contributed by atoms with Gasteiger partial charge < -0.3 is 20.1 Å². The number of pyridine rings is 1. The number of nitrogens with one attached hydrogen (secondary N) is 2. The standard InChI is InChI=1S/C26H21ClFN5O3/c27-20-11-17(4-6-21(20)28)32-26-19-12-23(33-25(34)7-5-16-3-1-2-9-29-16)24(13-22(19)30-15-31-26)36-18-8-10-35-14-18/h1-7,9,11-13,15,18H,8,10,14H2,(H,33,34)(H,30,31,32)/b7-5+. The third kappa shape index (κ3) is 5.59. The van der Waals surface area contributed by atoms with Crippen molar-refractivity contribution in [3.8, 4) is 5.75 Å². The molecule has 1 aliphatic heterocycles. The second-order valence-electron chi connectivity index (χ2n) is 8.02. The topological polar surface area (TPSA) is 98.3 Å². The number of fused-ring (bicyclic) bond motifs is 1. The third-order valence-electron chi connectivity index (χ3n) is 5.45. The molecule has 1 saturated heterocycles. The van der Waals surface area contributed by atoms with Gasteiger partial charge in [0.2, 0.25) is 5.91 Å². The number of hydrogen-bond acceptors (Lipinski definition) is 7. The van der Waals surface area contributed by atoms with Crippen molar-refractivity contribution >= 4 is 51.7 Å². The van der Waals surface area contributed by atoms with E-state index in [2.05, 4.69) is 25.6 Å². The average Bonchev–Trinajstić information content (AvgIpc) is 3.39. The Labute approximate surface area is 211 Å². The van der Waals surface area contributed by atoms with Gasteiger partial charge in [-0.25, -0.2) is 14.4 Å². The Morgan fingerprint density at radius 2 is 2.08 bits per heavy atom. The highest BCUT2D eigenvalue weighted by atomic mass is 35.5. The van der Waals surface area contributed by atoms with Crippen LogP contribution in [-0.4, -0.2) is 40.2 Å². The molecule has 2 aromatic heterocycles. The molecule has 1 atom stereocenters. The van der Waals surface area contributed by atoms with Crippen molar-refractivity contribution < 1.29 is 18.7 Å². The van der Waals surface area contributed by atoms with E-state index in [0.717, 1.165) is 6.42 Å². The Balaban J connectivity index is 1.48. The molecular weight excluding hydrogens is 485 g/mol. The van der Waals surface area contributed by atoms with Gasteiger partial charge in [-0.05, 0) is 42.5 Å². The smallest absolute Gasteiger partial charge is 0.248 e. The van der Waals surface area contributed by atoms with Gasteiger partial charge in [-0.1, -0.05) is 17.7 Å². The molecule has 1 amide bonds. The van der Waals surface area contributed by atoms with Gasteiger partial charge in [-0.15, -0.1) is 0 Å². The number of ether oxygens (including phenoxy) is 2. The number of rotatable bonds is 7. The fourth-order valence-electron chi connectivity index (χ4n) is 3.68. The van der Waals surface area contributed by atoms with Crippen molar-refractivity contribution in [2.75, 3.05) is 23.8 Å². The summed E-state index contributed by atoms with van der Waals surface area (Å²) in [7, 11) is 0. The maximum atomic E-state index is 13.6. The zero-order valence-corrected chi connectivity index (χ0v) is 19.7. The van der Waals surface area contributed by atoms with Crippen LogP contribution in [0, 0.1) is 5.82 Å². The molecule has 0 saturated carbocycles. The second kappa shape index (κ2) is 10.7. The van der Waals surface area contributed by atoms with Gasteiger partial charge in [0.15, 0.2) is 0 Å². The van der Waals surface area contributed by atoms with Crippen LogP contribution < -0.4 is 15.4 Å². The molecule has 2 N–H and O–H groups in total. The van der Waals surface area contributed by atoms with Crippen LogP contribution >= 0.6 is 11.6 Å². The van der Waals surface area contributed by atoms with Crippen molar-refractivity contribution in [3.05, 3.63) is 83.7 Å². The number of carbonyl (C=O) groups is 1. The minimum Gasteiger partial charge on any atom is -0.486 e. The van der Waals surface area contributed by atoms with Gasteiger partial charge >= 0.3 is 0 Å². The molecule has 1 fully saturated rings. The molecule has 0 radical (unpaired) electrons. The van der Waals surface area contributed by atoms with Crippen molar-refractivity contribution in [3.63, 3.8) is 0 Å². The zero-order chi connectivity index (χ0) is 24.9. The lowest BCUT2D eigenvalue weighted by Gasteiger charge is -2.17. The Kier molecular flexibility index (Phi) is 7.01. The highest BCUT2D eigenvalue weighted by Gasteiger charge is 2.21. The van der Waals surface area contributed by atoms with E-state index in [-0.39, 0.29) is 17.0 Å². The first-order chi connectivity index (χ1) is 17.5. The summed E-state index contributed by atoms with van der Waals surface area (Å²) in [5, 5.41) is 6.63. The van der Waals surface area contributed by atoms with Crippen molar-refractivity contribution in [2.24, 2.45) is 0 Å². The first kappa shape index (κ1) is 23.7. The highest BCUT2D eigenvalue weighted by Crippen LogP contribution is 2.35. The van der Waals surface area contributed by atoms with Crippen LogP contribution in [0.15, 0.2) is 67.1 Å². The summed E-state index contributed by atoms with van der Waals surface area (Å²) >= 11 is 5.92. The van der Waals surface area contributed by atoms with E-state index in [1.807, 2.05) is 6.07 Å². The number of benzene rings is 2. The molecule has 3 heterocycles. The minimum atomic E-state index is -0.517. The molecule has 1 unspecified atom stereocenters. The summed E-state index contributed by atoms with van der Waals surface area (Å²) in [4.78, 5) is 25.6. The number of hydrogen-bond donors (Lipinski definition) is 2. The Morgan fingerprint density at radius 1 is 1.17 bits per heavy atom. The largest absolute Gasteiger partial charge is 0.486 e. The highest BCUT2D eigenvalue weighted by molar-refractivity contribution is 6.31. The molecule has 0 bridgehead atoms. The summed E-state index contributed by atoms with van der Waals surface area (Å²) in [5.41, 5.74) is 2.24. The van der Waals surface area contributed by atoms with E-state index < -0.39 is 5.82 Å². The number of anilines is 3. The normalized spacial score (nSPS) is 15.3. The summed E-state index contributed by atoms with van der Waals surface area (Å²) in [6, 6.07) is 13.2. The third-order valence-corrected chi connectivity index (χ3v) is 5.74. The van der Waals surface area contributed by atoms with Gasteiger partial charge in [0.25, 0.3) is 0 Å². The number of nitrogens with zero attached hydrogens (tertiary/aromatic N) is 3. The van der Waals surface area contributed by atoms with Crippen LogP contribution in [0.3, 0.4) is 0 Å². The van der Waals surface area contributed by atoms with E-state index in [0.29, 0.717) is 52.8 Å². The molecule has 10 heteroatoms. The van der Waals surface area contributed by atoms with E-state index >= 15 is 0 Å². The number of halogens is 2. The van der Waals surface area contributed by atoms with Crippen LogP contribution in [0.4, 0.5) is 21.6 Å². The van der Waals surface area contributed by atoms with Gasteiger partial charge in [0.05, 0.1) is 35.1 Å². The SMILES string of the molecule is O=C(/C=C/c1ccccn1)Nc1cc2c(Nc3ccc(F)c(Cl)c3)ncnc2cc1OC1CCOC1. The lowest BCUT2D eigenvalue weighted by molar-refractivity contribution is -0.111. The van der Waals surface area contributed by atoms with Gasteiger partial charge in [0, 0.05) is 35.8 Å². The zero-order valence-electron chi connectivity index (χ0n) is 18.9. The minimum absolute atomic E-state index is 0.0134. The maximum Gasteiger partial charge on any atom is 0.248 e. The lowest BCUT2D eigenvalue weighted by Crippen LogP contribution is -2.18. The quantitative estimate of drug-likeness (QED) is 0.325. The summed E-state index contributed by atoms with van der Waals surface area (Å²) in [6.45, 7) is 1.08. The lowest BCUT2D eigenvalue weighted by atomic mass is 10.1. The molecule has 2 aromatic carbocycles. The van der Waals surface area contributed by atoms with Crippen LogP contribution in [0.5, 0.6) is 5.75 Å². The molecular formula is C26H21ClFN5O3. The molecule has 1 aliphatic rings. The molecule has 5 rings (SSSR count). The number of aromatic nitrogens is 3. The monoisotopic (exact) mass is 505 g/mol. The Morgan fingerprint density at radius 3 is 2.86 bits per heavy atom. The summed E-state index contributed by atoms with van der Waals surface area (Å²) < 4.78 is 25.2. The number of amides is 1. The van der Waals surface area contributed by atoms with E-state index in [9.17, 15) is 9.18 Å². The first-order valence-corrected chi connectivity index (χ1v) is 11.6. The van der Waals surface area contributed by atoms with Crippen molar-refractivity contribution in [2.45, 2.75) is 12.5 Å². The van der Waals surface area contributed by atoms with Crippen LogP contribution in [0.2, 0.25) is 5.02 Å². The van der Waals surface area contributed by atoms with E-state index in [4.69, 9.17) is 21.1 Å². The van der Waals surface area contributed by atoms with Gasteiger partial charge in [-0.3, -0.25) is 9.78 Å². The Bertz CT molecular complexity index is 1430. The molecule has 8 nitrogen and oxygen atoms in total. The molecule has 182 valence electrons. The first-order valence-electron chi connectivity index (χ1n) is 11.2. The van der Waals surface area contributed by atoms with E-state index in [1.54, 1.807) is 42.6 Å². The molecule has 36 heavy (non-hydrogen) atoms. The second-order valence-corrected chi connectivity index (χ2v) is 8.43. The summed E-state index contributed by atoms with van der Waals surface area (Å²) in [5.74, 6) is 0.0467. The number of carbonyl (C=O) groups excluding carboxylic acids is 1. The van der Waals surface area contributed by atoms with Crippen LogP contribution in [0.25, 0.3) is 17.0 Å². The predicted molar refractivity (Wildman–Crippen MR) is 136 cm³/mol. The molecule has 0 spiro atoms. The van der Waals surface area contributed by atoms with Crippen molar-refractivity contribution in [1.29, 1.82) is 0 Å². The summed E-state index contributed by atoms with van der Waals surface area (Å²) in [6.07, 6.45) is 6.69. The Hall–Kier alpha value is -4.08. The van der Waals surface area contributed by atoms with E-state index in [1.165, 1.54) is 24.5 Å². The average molecular weight is 506 g/mol. The van der Waals surface area contributed by atoms with Crippen LogP contribution in [0.1, 0.15) is 12.1 Å². The fraction of sp³-hybridized carbons (Fsp3) is 0.154. The van der Waals surface area contributed by atoms with Gasteiger partial charge in [0.1, 0.15) is 29.8 Å².